The Balaban J connectivity index is 1.53. The van der Waals surface area contributed by atoms with Crippen LogP contribution in [0.25, 0.3) is 0 Å². The molecule has 1 amide bonds. The number of anilines is 1. The maximum atomic E-state index is 12.2. The Labute approximate surface area is 136 Å². The van der Waals surface area contributed by atoms with Gasteiger partial charge in [0.1, 0.15) is 12.4 Å². The number of nitrogens with one attached hydrogen (secondary N) is 1. The SMILES string of the molecule is NC1CCCC1C(=O)Nc1ccc(OCc2ccccc2)cc1. The highest BCUT2D eigenvalue weighted by Crippen LogP contribution is 2.26. The lowest BCUT2D eigenvalue weighted by molar-refractivity contribution is -0.120. The molecule has 23 heavy (non-hydrogen) atoms. The molecule has 4 heteroatoms. The molecule has 3 N–H and O–H groups in total. The summed E-state index contributed by atoms with van der Waals surface area (Å²) in [7, 11) is 0. The highest BCUT2D eigenvalue weighted by molar-refractivity contribution is 5.93. The van der Waals surface area contributed by atoms with Gasteiger partial charge in [0.15, 0.2) is 0 Å². The number of hydrogen-bond acceptors (Lipinski definition) is 3. The quantitative estimate of drug-likeness (QED) is 0.890. The van der Waals surface area contributed by atoms with E-state index in [2.05, 4.69) is 5.32 Å². The third kappa shape index (κ3) is 4.11. The maximum absolute atomic E-state index is 12.2. The van der Waals surface area contributed by atoms with E-state index in [0.717, 1.165) is 36.3 Å². The van der Waals surface area contributed by atoms with E-state index in [1.807, 2.05) is 54.6 Å². The van der Waals surface area contributed by atoms with Crippen molar-refractivity contribution in [1.82, 2.24) is 0 Å². The zero-order chi connectivity index (χ0) is 16.1. The summed E-state index contributed by atoms with van der Waals surface area (Å²) in [4.78, 5) is 12.2. The number of benzene rings is 2. The Morgan fingerprint density at radius 2 is 1.83 bits per heavy atom. The van der Waals surface area contributed by atoms with Gasteiger partial charge in [0.2, 0.25) is 5.91 Å². The van der Waals surface area contributed by atoms with E-state index in [1.54, 1.807) is 0 Å². The molecule has 0 heterocycles. The smallest absolute Gasteiger partial charge is 0.229 e. The van der Waals surface area contributed by atoms with Crippen LogP contribution in [0.4, 0.5) is 5.69 Å². The molecule has 3 rings (SSSR count). The normalized spacial score (nSPS) is 20.2. The molecule has 0 bridgehead atoms. The van der Waals surface area contributed by atoms with Gasteiger partial charge in [-0.25, -0.2) is 0 Å². The van der Waals surface area contributed by atoms with Crippen molar-refractivity contribution in [3.8, 4) is 5.75 Å². The van der Waals surface area contributed by atoms with Crippen LogP contribution in [-0.4, -0.2) is 11.9 Å². The summed E-state index contributed by atoms with van der Waals surface area (Å²) in [6.07, 6.45) is 2.85. The fraction of sp³-hybridized carbons (Fsp3) is 0.316. The van der Waals surface area contributed by atoms with Crippen LogP contribution in [-0.2, 0) is 11.4 Å². The second kappa shape index (κ2) is 7.29. The molecule has 4 nitrogen and oxygen atoms in total. The van der Waals surface area contributed by atoms with Crippen molar-refractivity contribution in [1.29, 1.82) is 0 Å². The molecule has 1 aliphatic carbocycles. The minimum atomic E-state index is -0.0657. The van der Waals surface area contributed by atoms with Crippen LogP contribution in [0.5, 0.6) is 5.75 Å². The van der Waals surface area contributed by atoms with Crippen LogP contribution in [0.2, 0.25) is 0 Å². The van der Waals surface area contributed by atoms with Gasteiger partial charge in [-0.3, -0.25) is 4.79 Å². The highest BCUT2D eigenvalue weighted by Gasteiger charge is 2.30. The van der Waals surface area contributed by atoms with Gasteiger partial charge in [0.05, 0.1) is 5.92 Å². The molecule has 0 spiro atoms. The molecule has 0 saturated heterocycles. The minimum absolute atomic E-state index is 0.0107. The number of amides is 1. The summed E-state index contributed by atoms with van der Waals surface area (Å²) in [5.41, 5.74) is 7.88. The first-order chi connectivity index (χ1) is 11.2. The van der Waals surface area contributed by atoms with E-state index < -0.39 is 0 Å². The number of nitrogens with two attached hydrogens (primary N) is 1. The van der Waals surface area contributed by atoms with Gasteiger partial charge in [-0.05, 0) is 42.7 Å². The predicted octanol–water partition coefficient (Wildman–Crippen LogP) is 3.33. The molecule has 0 aliphatic heterocycles. The van der Waals surface area contributed by atoms with Crippen molar-refractivity contribution >= 4 is 11.6 Å². The lowest BCUT2D eigenvalue weighted by Gasteiger charge is -2.15. The van der Waals surface area contributed by atoms with Gasteiger partial charge in [0.25, 0.3) is 0 Å². The summed E-state index contributed by atoms with van der Waals surface area (Å²) in [6.45, 7) is 0.531. The first-order valence-corrected chi connectivity index (χ1v) is 8.05. The van der Waals surface area contributed by atoms with Crippen molar-refractivity contribution in [3.63, 3.8) is 0 Å². The van der Waals surface area contributed by atoms with Gasteiger partial charge < -0.3 is 15.8 Å². The van der Waals surface area contributed by atoms with Crippen LogP contribution in [0.15, 0.2) is 54.6 Å². The lowest BCUT2D eigenvalue weighted by Crippen LogP contribution is -2.34. The number of ether oxygens (including phenoxy) is 1. The van der Waals surface area contributed by atoms with Crippen molar-refractivity contribution in [3.05, 3.63) is 60.2 Å². The van der Waals surface area contributed by atoms with E-state index in [1.165, 1.54) is 0 Å². The third-order valence-corrected chi connectivity index (χ3v) is 4.28. The van der Waals surface area contributed by atoms with Crippen molar-refractivity contribution in [2.45, 2.75) is 31.9 Å². The van der Waals surface area contributed by atoms with Gasteiger partial charge >= 0.3 is 0 Å². The zero-order valence-corrected chi connectivity index (χ0v) is 13.1. The Bertz CT molecular complexity index is 640. The van der Waals surface area contributed by atoms with Crippen LogP contribution in [0.1, 0.15) is 24.8 Å². The molecule has 0 radical (unpaired) electrons. The Kier molecular flexibility index (Phi) is 4.93. The van der Waals surface area contributed by atoms with Gasteiger partial charge in [-0.15, -0.1) is 0 Å². The standard InChI is InChI=1S/C19H22N2O2/c20-18-8-4-7-17(18)19(22)21-15-9-11-16(12-10-15)23-13-14-5-2-1-3-6-14/h1-3,5-6,9-12,17-18H,4,7-8,13,20H2,(H,21,22). The number of carbonyl (C=O) groups is 1. The number of hydrogen-bond donors (Lipinski definition) is 2. The lowest BCUT2D eigenvalue weighted by atomic mass is 10.0. The van der Waals surface area contributed by atoms with Crippen molar-refractivity contribution < 1.29 is 9.53 Å². The summed E-state index contributed by atoms with van der Waals surface area (Å²) < 4.78 is 5.74. The molecule has 1 fully saturated rings. The average Bonchev–Trinajstić information content (AvgIpc) is 3.01. The highest BCUT2D eigenvalue weighted by atomic mass is 16.5. The fourth-order valence-electron chi connectivity index (χ4n) is 2.92. The minimum Gasteiger partial charge on any atom is -0.489 e. The number of rotatable bonds is 5. The Morgan fingerprint density at radius 3 is 2.48 bits per heavy atom. The van der Waals surface area contributed by atoms with Crippen LogP contribution in [0, 0.1) is 5.92 Å². The number of carbonyl (C=O) groups excluding carboxylic acids is 1. The van der Waals surface area contributed by atoms with E-state index in [0.29, 0.717) is 6.61 Å². The first kappa shape index (κ1) is 15.6. The van der Waals surface area contributed by atoms with Gasteiger partial charge in [0, 0.05) is 11.7 Å². The molecule has 2 aromatic carbocycles. The average molecular weight is 310 g/mol. The molecule has 1 saturated carbocycles. The van der Waals surface area contributed by atoms with Crippen LogP contribution < -0.4 is 15.8 Å². The van der Waals surface area contributed by atoms with Crippen LogP contribution >= 0.6 is 0 Å². The summed E-state index contributed by atoms with van der Waals surface area (Å²) in [5.74, 6) is 0.737. The van der Waals surface area contributed by atoms with E-state index >= 15 is 0 Å². The maximum Gasteiger partial charge on any atom is 0.229 e. The first-order valence-electron chi connectivity index (χ1n) is 8.05. The summed E-state index contributed by atoms with van der Waals surface area (Å²) >= 11 is 0. The summed E-state index contributed by atoms with van der Waals surface area (Å²) in [6, 6.07) is 17.5. The molecule has 120 valence electrons. The molecular weight excluding hydrogens is 288 g/mol. The molecule has 2 atom stereocenters. The van der Waals surface area contributed by atoms with Crippen molar-refractivity contribution in [2.75, 3.05) is 5.32 Å². The third-order valence-electron chi connectivity index (χ3n) is 4.28. The molecule has 0 aromatic heterocycles. The van der Waals surface area contributed by atoms with Gasteiger partial charge in [-0.1, -0.05) is 36.8 Å². The molecule has 2 aromatic rings. The van der Waals surface area contributed by atoms with Crippen LogP contribution in [0.3, 0.4) is 0 Å². The monoisotopic (exact) mass is 310 g/mol. The van der Waals surface area contributed by atoms with E-state index in [-0.39, 0.29) is 17.9 Å². The predicted molar refractivity (Wildman–Crippen MR) is 91.2 cm³/mol. The Morgan fingerprint density at radius 1 is 1.09 bits per heavy atom. The molecular formula is C19H22N2O2. The molecule has 1 aliphatic rings. The second-order valence-corrected chi connectivity index (χ2v) is 5.99. The second-order valence-electron chi connectivity index (χ2n) is 5.99. The summed E-state index contributed by atoms with van der Waals surface area (Å²) in [5, 5.41) is 2.94. The Hall–Kier alpha value is -2.33. The van der Waals surface area contributed by atoms with E-state index in [9.17, 15) is 4.79 Å². The van der Waals surface area contributed by atoms with E-state index in [4.69, 9.17) is 10.5 Å². The topological polar surface area (TPSA) is 64.4 Å². The van der Waals surface area contributed by atoms with Gasteiger partial charge in [-0.2, -0.15) is 0 Å². The van der Waals surface area contributed by atoms with Crippen molar-refractivity contribution in [2.24, 2.45) is 11.7 Å². The zero-order valence-electron chi connectivity index (χ0n) is 13.1. The largest absolute Gasteiger partial charge is 0.489 e. The fourth-order valence-corrected chi connectivity index (χ4v) is 2.92. The molecule has 2 unspecified atom stereocenters.